The van der Waals surface area contributed by atoms with Gasteiger partial charge in [0.2, 0.25) is 0 Å². The molecule has 8 nitrogen and oxygen atoms in total. The molecule has 0 aromatic carbocycles. The van der Waals surface area contributed by atoms with E-state index in [0.717, 1.165) is 54.4 Å². The quantitative estimate of drug-likeness (QED) is 0.752. The molecule has 0 amide bonds. The molecule has 0 aliphatic carbocycles. The van der Waals surface area contributed by atoms with Gasteiger partial charge >= 0.3 is 0 Å². The van der Waals surface area contributed by atoms with E-state index in [-0.39, 0.29) is 12.5 Å². The molecule has 24 heavy (non-hydrogen) atoms. The Kier molecular flexibility index (Phi) is 3.68. The number of nitrogens with one attached hydrogen (secondary N) is 1. The minimum absolute atomic E-state index is 0.0891. The van der Waals surface area contributed by atoms with Crippen LogP contribution < -0.4 is 4.90 Å². The number of anilines is 1. The summed E-state index contributed by atoms with van der Waals surface area (Å²) in [5, 5.41) is 17.7. The van der Waals surface area contributed by atoms with E-state index in [1.54, 1.807) is 0 Å². The summed E-state index contributed by atoms with van der Waals surface area (Å²) in [6.45, 7) is 3.63. The second-order valence-electron chi connectivity index (χ2n) is 6.31. The van der Waals surface area contributed by atoms with E-state index < -0.39 is 0 Å². The summed E-state index contributed by atoms with van der Waals surface area (Å²) in [5.41, 5.74) is 1.93. The third kappa shape index (κ3) is 2.43. The molecule has 1 aliphatic rings. The predicted octanol–water partition coefficient (Wildman–Crippen LogP) is 1.27. The number of fused-ring (bicyclic) bond motifs is 1. The van der Waals surface area contributed by atoms with Crippen molar-refractivity contribution in [3.8, 4) is 0 Å². The highest BCUT2D eigenvalue weighted by Gasteiger charge is 2.27. The fraction of sp³-hybridized carbons (Fsp3) is 0.500. The summed E-state index contributed by atoms with van der Waals surface area (Å²) >= 11 is 0. The van der Waals surface area contributed by atoms with Crippen molar-refractivity contribution in [1.82, 2.24) is 29.7 Å². The monoisotopic (exact) mass is 327 g/mol. The van der Waals surface area contributed by atoms with E-state index in [1.165, 1.54) is 0 Å². The van der Waals surface area contributed by atoms with Gasteiger partial charge in [0.1, 0.15) is 23.8 Å². The SMILES string of the molecule is Cc1nc(N2CCCC(c3nnc(CO)n3C)C2)c2[nH]ccc2n1. The van der Waals surface area contributed by atoms with Gasteiger partial charge in [-0.3, -0.25) is 0 Å². The highest BCUT2D eigenvalue weighted by atomic mass is 16.3. The van der Waals surface area contributed by atoms with E-state index >= 15 is 0 Å². The standard InChI is InChI=1S/C16H21N7O/c1-10-18-12-5-6-17-14(12)16(19-10)23-7-3-4-11(8-23)15-21-20-13(9-24)22(15)2/h5-6,11,17,24H,3-4,7-9H2,1-2H3. The van der Waals surface area contributed by atoms with Gasteiger partial charge in [-0.05, 0) is 25.8 Å². The van der Waals surface area contributed by atoms with Crippen LogP contribution in [-0.4, -0.2) is 47.9 Å². The first kappa shape index (κ1) is 15.1. The first-order valence-corrected chi connectivity index (χ1v) is 8.23. The Morgan fingerprint density at radius 1 is 1.33 bits per heavy atom. The molecule has 0 spiro atoms. The number of nitrogens with zero attached hydrogens (tertiary/aromatic N) is 6. The summed E-state index contributed by atoms with van der Waals surface area (Å²) in [6, 6.07) is 1.98. The number of aromatic nitrogens is 6. The number of hydrogen-bond donors (Lipinski definition) is 2. The minimum Gasteiger partial charge on any atom is -0.388 e. The molecule has 0 bridgehead atoms. The first-order chi connectivity index (χ1) is 11.7. The van der Waals surface area contributed by atoms with Gasteiger partial charge in [-0.1, -0.05) is 0 Å². The van der Waals surface area contributed by atoms with Crippen molar-refractivity contribution < 1.29 is 5.11 Å². The number of aromatic amines is 1. The molecule has 2 N–H and O–H groups in total. The lowest BCUT2D eigenvalue weighted by Crippen LogP contribution is -2.36. The summed E-state index contributed by atoms with van der Waals surface area (Å²) in [7, 11) is 1.91. The Morgan fingerprint density at radius 2 is 2.21 bits per heavy atom. The zero-order valence-corrected chi connectivity index (χ0v) is 13.9. The van der Waals surface area contributed by atoms with Gasteiger partial charge < -0.3 is 19.6 Å². The molecule has 8 heteroatoms. The van der Waals surface area contributed by atoms with E-state index in [9.17, 15) is 5.11 Å². The fourth-order valence-electron chi connectivity index (χ4n) is 3.52. The molecule has 1 unspecified atom stereocenters. The van der Waals surface area contributed by atoms with Crippen molar-refractivity contribution in [2.24, 2.45) is 7.05 Å². The van der Waals surface area contributed by atoms with Crippen molar-refractivity contribution in [1.29, 1.82) is 0 Å². The Balaban J connectivity index is 1.67. The number of piperidine rings is 1. The van der Waals surface area contributed by atoms with Crippen molar-refractivity contribution in [3.63, 3.8) is 0 Å². The first-order valence-electron chi connectivity index (χ1n) is 8.23. The van der Waals surface area contributed by atoms with Crippen LogP contribution in [-0.2, 0) is 13.7 Å². The van der Waals surface area contributed by atoms with Gasteiger partial charge in [0.05, 0.1) is 5.52 Å². The molecule has 0 saturated carbocycles. The summed E-state index contributed by atoms with van der Waals surface area (Å²) in [5.74, 6) is 3.54. The molecule has 3 aromatic rings. The number of H-pyrrole nitrogens is 1. The number of aryl methyl sites for hydroxylation is 1. The van der Waals surface area contributed by atoms with E-state index in [1.807, 2.05) is 30.8 Å². The van der Waals surface area contributed by atoms with E-state index in [0.29, 0.717) is 5.82 Å². The highest BCUT2D eigenvalue weighted by Crippen LogP contribution is 2.31. The van der Waals surface area contributed by atoms with E-state index in [4.69, 9.17) is 0 Å². The van der Waals surface area contributed by atoms with Crippen LogP contribution >= 0.6 is 0 Å². The molecule has 0 radical (unpaired) electrons. The number of aliphatic hydroxyl groups is 1. The average molecular weight is 327 g/mol. The van der Waals surface area contributed by atoms with Gasteiger partial charge in [-0.15, -0.1) is 10.2 Å². The third-order valence-electron chi connectivity index (χ3n) is 4.72. The minimum atomic E-state index is -0.0891. The predicted molar refractivity (Wildman–Crippen MR) is 89.7 cm³/mol. The van der Waals surface area contributed by atoms with Crippen molar-refractivity contribution in [2.75, 3.05) is 18.0 Å². The maximum absolute atomic E-state index is 9.33. The van der Waals surface area contributed by atoms with Gasteiger partial charge in [0.25, 0.3) is 0 Å². The van der Waals surface area contributed by atoms with Crippen LogP contribution in [0.3, 0.4) is 0 Å². The Hall–Kier alpha value is -2.48. The highest BCUT2D eigenvalue weighted by molar-refractivity contribution is 5.86. The molecule has 4 rings (SSSR count). The summed E-state index contributed by atoms with van der Waals surface area (Å²) < 4.78 is 1.91. The molecule has 3 aromatic heterocycles. The molecule has 1 saturated heterocycles. The molecule has 1 atom stereocenters. The molecule has 1 aliphatic heterocycles. The maximum Gasteiger partial charge on any atom is 0.158 e. The van der Waals surface area contributed by atoms with Gasteiger partial charge in [-0.2, -0.15) is 0 Å². The Morgan fingerprint density at radius 3 is 3.00 bits per heavy atom. The van der Waals surface area contributed by atoms with Crippen LogP contribution in [0.1, 0.15) is 36.2 Å². The van der Waals surface area contributed by atoms with Crippen LogP contribution in [0.25, 0.3) is 11.0 Å². The summed E-state index contributed by atoms with van der Waals surface area (Å²) in [6.07, 6.45) is 4.03. The smallest absolute Gasteiger partial charge is 0.158 e. The van der Waals surface area contributed by atoms with Crippen LogP contribution in [0.2, 0.25) is 0 Å². The van der Waals surface area contributed by atoms with Crippen LogP contribution in [0.4, 0.5) is 5.82 Å². The van der Waals surface area contributed by atoms with Crippen LogP contribution in [0.15, 0.2) is 12.3 Å². The second-order valence-corrected chi connectivity index (χ2v) is 6.31. The van der Waals surface area contributed by atoms with Crippen molar-refractivity contribution in [2.45, 2.75) is 32.3 Å². The van der Waals surface area contributed by atoms with Gasteiger partial charge in [0.15, 0.2) is 11.6 Å². The Labute approximate surface area is 139 Å². The zero-order valence-electron chi connectivity index (χ0n) is 13.9. The van der Waals surface area contributed by atoms with Crippen molar-refractivity contribution in [3.05, 3.63) is 29.7 Å². The van der Waals surface area contributed by atoms with E-state index in [2.05, 4.69) is 30.0 Å². The average Bonchev–Trinajstić information content (AvgIpc) is 3.20. The zero-order chi connectivity index (χ0) is 16.7. The molecular weight excluding hydrogens is 306 g/mol. The van der Waals surface area contributed by atoms with Gasteiger partial charge in [0, 0.05) is 32.3 Å². The largest absolute Gasteiger partial charge is 0.388 e. The molecule has 126 valence electrons. The van der Waals surface area contributed by atoms with Crippen molar-refractivity contribution >= 4 is 16.9 Å². The lowest BCUT2D eigenvalue weighted by Gasteiger charge is -2.33. The molecular formula is C16H21N7O. The number of hydrogen-bond acceptors (Lipinski definition) is 6. The third-order valence-corrected chi connectivity index (χ3v) is 4.72. The summed E-state index contributed by atoms with van der Waals surface area (Å²) in [4.78, 5) is 14.7. The number of aliphatic hydroxyl groups excluding tert-OH is 1. The normalized spacial score (nSPS) is 18.5. The molecule has 1 fully saturated rings. The molecule has 4 heterocycles. The topological polar surface area (TPSA) is 95.7 Å². The fourth-order valence-corrected chi connectivity index (χ4v) is 3.52. The lowest BCUT2D eigenvalue weighted by atomic mass is 9.97. The Bertz CT molecular complexity index is 869. The number of rotatable bonds is 3. The lowest BCUT2D eigenvalue weighted by molar-refractivity contribution is 0.266. The maximum atomic E-state index is 9.33. The van der Waals surface area contributed by atoms with Crippen LogP contribution in [0, 0.1) is 6.92 Å². The van der Waals surface area contributed by atoms with Gasteiger partial charge in [-0.25, -0.2) is 9.97 Å². The van der Waals surface area contributed by atoms with Crippen LogP contribution in [0.5, 0.6) is 0 Å². The second kappa shape index (κ2) is 5.86.